The van der Waals surface area contributed by atoms with E-state index < -0.39 is 5.97 Å². The Hall–Kier alpha value is -1.81. The molecule has 0 radical (unpaired) electrons. The van der Waals surface area contributed by atoms with Crippen molar-refractivity contribution < 1.29 is 9.53 Å². The second-order valence-corrected chi connectivity index (χ2v) is 3.72. The zero-order valence-electron chi connectivity index (χ0n) is 8.41. The summed E-state index contributed by atoms with van der Waals surface area (Å²) < 4.78 is 4.81. The highest BCUT2D eigenvalue weighted by molar-refractivity contribution is 6.31. The standard InChI is InChI=1S/C11H8ClNO3/c1-6(14)16-11-5-10(15)8-4-7(12)2-3-9(8)13-11/h2-5H,1H3,(H,13,15). The van der Waals surface area contributed by atoms with E-state index in [-0.39, 0.29) is 11.3 Å². The van der Waals surface area contributed by atoms with Gasteiger partial charge in [-0.1, -0.05) is 11.6 Å². The van der Waals surface area contributed by atoms with E-state index in [9.17, 15) is 9.59 Å². The number of carbonyl (C=O) groups excluding carboxylic acids is 1. The number of aromatic amines is 1. The molecular weight excluding hydrogens is 230 g/mol. The lowest BCUT2D eigenvalue weighted by atomic mass is 10.2. The van der Waals surface area contributed by atoms with E-state index >= 15 is 0 Å². The number of hydrogen-bond donors (Lipinski definition) is 1. The molecule has 2 aromatic rings. The molecule has 0 aliphatic carbocycles. The van der Waals surface area contributed by atoms with Gasteiger partial charge in [-0.05, 0) is 18.2 Å². The number of pyridine rings is 1. The number of hydrogen-bond acceptors (Lipinski definition) is 3. The Morgan fingerprint density at radius 1 is 1.38 bits per heavy atom. The fraction of sp³-hybridized carbons (Fsp3) is 0.0909. The third-order valence-electron chi connectivity index (χ3n) is 2.02. The molecule has 0 spiro atoms. The minimum atomic E-state index is -0.482. The van der Waals surface area contributed by atoms with Gasteiger partial charge < -0.3 is 9.72 Å². The van der Waals surface area contributed by atoms with E-state index in [0.29, 0.717) is 15.9 Å². The van der Waals surface area contributed by atoms with Gasteiger partial charge in [-0.25, -0.2) is 0 Å². The van der Waals surface area contributed by atoms with Gasteiger partial charge in [0.05, 0.1) is 5.52 Å². The average molecular weight is 238 g/mol. The second kappa shape index (κ2) is 3.98. The Morgan fingerprint density at radius 2 is 2.12 bits per heavy atom. The number of rotatable bonds is 1. The van der Waals surface area contributed by atoms with Crippen LogP contribution in [-0.4, -0.2) is 11.0 Å². The molecule has 82 valence electrons. The lowest BCUT2D eigenvalue weighted by molar-refractivity contribution is -0.132. The third-order valence-corrected chi connectivity index (χ3v) is 2.26. The molecule has 5 heteroatoms. The number of nitrogens with one attached hydrogen (secondary N) is 1. The highest BCUT2D eigenvalue weighted by atomic mass is 35.5. The van der Waals surface area contributed by atoms with Crippen molar-refractivity contribution in [2.45, 2.75) is 6.92 Å². The Morgan fingerprint density at radius 3 is 2.81 bits per heavy atom. The monoisotopic (exact) mass is 237 g/mol. The molecule has 1 aromatic carbocycles. The SMILES string of the molecule is CC(=O)Oc1cc(=O)c2cc(Cl)ccc2[nH]1. The van der Waals surface area contributed by atoms with E-state index in [1.54, 1.807) is 18.2 Å². The van der Waals surface area contributed by atoms with Crippen molar-refractivity contribution >= 4 is 28.5 Å². The number of aromatic nitrogens is 1. The van der Waals surface area contributed by atoms with E-state index in [1.807, 2.05) is 0 Å². The van der Waals surface area contributed by atoms with Crippen LogP contribution in [-0.2, 0) is 4.79 Å². The smallest absolute Gasteiger partial charge is 0.309 e. The van der Waals surface area contributed by atoms with Crippen LogP contribution >= 0.6 is 11.6 Å². The van der Waals surface area contributed by atoms with Crippen molar-refractivity contribution in [3.8, 4) is 5.88 Å². The van der Waals surface area contributed by atoms with Crippen molar-refractivity contribution in [3.05, 3.63) is 39.5 Å². The second-order valence-electron chi connectivity index (χ2n) is 3.28. The van der Waals surface area contributed by atoms with E-state index in [2.05, 4.69) is 4.98 Å². The first kappa shape index (κ1) is 10.7. The van der Waals surface area contributed by atoms with Crippen LogP contribution in [0.4, 0.5) is 0 Å². The molecule has 1 N–H and O–H groups in total. The summed E-state index contributed by atoms with van der Waals surface area (Å²) in [5.41, 5.74) is 0.334. The molecule has 0 unspecified atom stereocenters. The van der Waals surface area contributed by atoms with Crippen LogP contribution in [0.15, 0.2) is 29.1 Å². The molecule has 0 saturated carbocycles. The first-order chi connectivity index (χ1) is 7.56. The van der Waals surface area contributed by atoms with Gasteiger partial charge >= 0.3 is 5.97 Å². The maximum Gasteiger partial charge on any atom is 0.309 e. The molecule has 1 aromatic heterocycles. The van der Waals surface area contributed by atoms with Gasteiger partial charge in [0.25, 0.3) is 0 Å². The molecule has 0 aliphatic rings. The third kappa shape index (κ3) is 2.06. The number of halogens is 1. The lowest BCUT2D eigenvalue weighted by Gasteiger charge is -2.03. The Kier molecular flexibility index (Phi) is 2.66. The number of H-pyrrole nitrogens is 1. The predicted molar refractivity (Wildman–Crippen MR) is 60.9 cm³/mol. The Labute approximate surface area is 95.8 Å². The highest BCUT2D eigenvalue weighted by Crippen LogP contribution is 2.17. The first-order valence-corrected chi connectivity index (χ1v) is 4.95. The molecule has 4 nitrogen and oxygen atoms in total. The minimum absolute atomic E-state index is 0.132. The number of benzene rings is 1. The topological polar surface area (TPSA) is 59.2 Å². The van der Waals surface area contributed by atoms with Crippen molar-refractivity contribution in [2.75, 3.05) is 0 Å². The van der Waals surface area contributed by atoms with Gasteiger partial charge in [-0.2, -0.15) is 0 Å². The van der Waals surface area contributed by atoms with Gasteiger partial charge in [0.15, 0.2) is 5.43 Å². The summed E-state index contributed by atoms with van der Waals surface area (Å²) in [4.78, 5) is 25.2. The largest absolute Gasteiger partial charge is 0.410 e. The van der Waals surface area contributed by atoms with Crippen LogP contribution in [0.1, 0.15) is 6.92 Å². The fourth-order valence-corrected chi connectivity index (χ4v) is 1.58. The van der Waals surface area contributed by atoms with E-state index in [1.165, 1.54) is 13.0 Å². The molecule has 0 aliphatic heterocycles. The molecule has 0 bridgehead atoms. The number of carbonyl (C=O) groups is 1. The van der Waals surface area contributed by atoms with Gasteiger partial charge in [0, 0.05) is 23.4 Å². The highest BCUT2D eigenvalue weighted by Gasteiger charge is 2.05. The molecule has 0 atom stereocenters. The van der Waals surface area contributed by atoms with Crippen LogP contribution in [0.3, 0.4) is 0 Å². The van der Waals surface area contributed by atoms with E-state index in [4.69, 9.17) is 16.3 Å². The van der Waals surface area contributed by atoms with Crippen molar-refractivity contribution in [3.63, 3.8) is 0 Å². The predicted octanol–water partition coefficient (Wildman–Crippen LogP) is 2.11. The van der Waals surface area contributed by atoms with Crippen LogP contribution in [0, 0.1) is 0 Å². The molecular formula is C11H8ClNO3. The zero-order valence-corrected chi connectivity index (χ0v) is 9.17. The molecule has 0 amide bonds. The Bertz CT molecular complexity index is 618. The first-order valence-electron chi connectivity index (χ1n) is 4.57. The van der Waals surface area contributed by atoms with Gasteiger partial charge in [-0.15, -0.1) is 0 Å². The number of ether oxygens (including phenoxy) is 1. The zero-order chi connectivity index (χ0) is 11.7. The number of esters is 1. The normalized spacial score (nSPS) is 10.4. The summed E-state index contributed by atoms with van der Waals surface area (Å²) >= 11 is 5.78. The summed E-state index contributed by atoms with van der Waals surface area (Å²) in [6, 6.07) is 6.09. The van der Waals surface area contributed by atoms with Gasteiger partial charge in [0.1, 0.15) is 0 Å². The maximum atomic E-state index is 11.7. The summed E-state index contributed by atoms with van der Waals surface area (Å²) in [6.07, 6.45) is 0. The fourth-order valence-electron chi connectivity index (χ4n) is 1.40. The molecule has 1 heterocycles. The van der Waals surface area contributed by atoms with Crippen LogP contribution < -0.4 is 10.2 Å². The molecule has 0 saturated heterocycles. The van der Waals surface area contributed by atoms with Gasteiger partial charge in [-0.3, -0.25) is 9.59 Å². The van der Waals surface area contributed by atoms with Crippen LogP contribution in [0.2, 0.25) is 5.02 Å². The Balaban J connectivity index is 2.64. The summed E-state index contributed by atoms with van der Waals surface area (Å²) in [5.74, 6) is -0.351. The van der Waals surface area contributed by atoms with Crippen LogP contribution in [0.5, 0.6) is 5.88 Å². The van der Waals surface area contributed by atoms with E-state index in [0.717, 1.165) is 0 Å². The molecule has 2 rings (SSSR count). The summed E-state index contributed by atoms with van der Waals surface area (Å²) in [7, 11) is 0. The minimum Gasteiger partial charge on any atom is -0.410 e. The maximum absolute atomic E-state index is 11.7. The lowest BCUT2D eigenvalue weighted by Crippen LogP contribution is -2.08. The van der Waals surface area contributed by atoms with Gasteiger partial charge in [0.2, 0.25) is 5.88 Å². The van der Waals surface area contributed by atoms with Crippen molar-refractivity contribution in [1.82, 2.24) is 4.98 Å². The number of fused-ring (bicyclic) bond motifs is 1. The molecule has 16 heavy (non-hydrogen) atoms. The molecule has 0 fully saturated rings. The van der Waals surface area contributed by atoms with Crippen molar-refractivity contribution in [2.24, 2.45) is 0 Å². The van der Waals surface area contributed by atoms with Crippen molar-refractivity contribution in [1.29, 1.82) is 0 Å². The summed E-state index contributed by atoms with van der Waals surface area (Å²) in [5, 5.41) is 0.946. The average Bonchev–Trinajstić information content (AvgIpc) is 2.18. The van der Waals surface area contributed by atoms with Crippen LogP contribution in [0.25, 0.3) is 10.9 Å². The quantitative estimate of drug-likeness (QED) is 0.773. The summed E-state index contributed by atoms with van der Waals surface area (Å²) in [6.45, 7) is 1.27.